The molecule has 0 spiro atoms. The lowest BCUT2D eigenvalue weighted by molar-refractivity contribution is 0.0839. The van der Waals surface area contributed by atoms with Crippen molar-refractivity contribution in [3.63, 3.8) is 0 Å². The first kappa shape index (κ1) is 22.9. The molecular formula is C26H34ClN3O2. The molecule has 1 aromatic heterocycles. The maximum absolute atomic E-state index is 10.3. The fraction of sp³-hybridized carbons (Fsp3) is 0.500. The average molecular weight is 456 g/mol. The molecule has 172 valence electrons. The fourth-order valence-electron chi connectivity index (χ4n) is 4.76. The molecule has 1 N–H and O–H groups in total. The molecule has 0 bridgehead atoms. The summed E-state index contributed by atoms with van der Waals surface area (Å²) in [6, 6.07) is 10.4. The summed E-state index contributed by atoms with van der Waals surface area (Å²) < 4.78 is 6.28. The lowest BCUT2D eigenvalue weighted by Gasteiger charge is -2.25. The highest BCUT2D eigenvalue weighted by Crippen LogP contribution is 2.38. The molecular weight excluding hydrogens is 422 g/mol. The number of nitrogens with zero attached hydrogens (tertiary/aromatic N) is 3. The number of pyridine rings is 1. The van der Waals surface area contributed by atoms with Gasteiger partial charge in [0.15, 0.2) is 0 Å². The third-order valence-electron chi connectivity index (χ3n) is 6.49. The van der Waals surface area contributed by atoms with E-state index in [0.717, 1.165) is 56.2 Å². The molecule has 2 fully saturated rings. The number of hydrogen-bond acceptors (Lipinski definition) is 5. The van der Waals surface area contributed by atoms with Gasteiger partial charge in [-0.2, -0.15) is 0 Å². The molecule has 3 heterocycles. The van der Waals surface area contributed by atoms with Crippen LogP contribution in [0.1, 0.15) is 51.5 Å². The minimum atomic E-state index is -0.689. The van der Waals surface area contributed by atoms with Crippen molar-refractivity contribution in [2.75, 3.05) is 36.0 Å². The Balaban J connectivity index is 1.39. The van der Waals surface area contributed by atoms with Crippen LogP contribution in [0.25, 0.3) is 0 Å². The minimum Gasteiger partial charge on any atom is -0.489 e. The number of rotatable bonds is 7. The fourth-order valence-corrected chi connectivity index (χ4v) is 5.12. The van der Waals surface area contributed by atoms with Crippen LogP contribution in [0.5, 0.6) is 5.75 Å². The second-order valence-corrected chi connectivity index (χ2v) is 10.1. The predicted octanol–water partition coefficient (Wildman–Crippen LogP) is 5.42. The first-order chi connectivity index (χ1) is 15.2. The summed E-state index contributed by atoms with van der Waals surface area (Å²) in [6.45, 7) is 13.2. The van der Waals surface area contributed by atoms with Crippen LogP contribution < -0.4 is 14.5 Å². The van der Waals surface area contributed by atoms with Crippen LogP contribution in [0.15, 0.2) is 48.7 Å². The summed E-state index contributed by atoms with van der Waals surface area (Å²) in [5.74, 6) is 2.13. The molecule has 1 aromatic carbocycles. The van der Waals surface area contributed by atoms with Gasteiger partial charge in [-0.25, -0.2) is 4.98 Å². The van der Waals surface area contributed by atoms with E-state index >= 15 is 0 Å². The van der Waals surface area contributed by atoms with Crippen LogP contribution in [0.2, 0.25) is 5.02 Å². The summed E-state index contributed by atoms with van der Waals surface area (Å²) in [7, 11) is 0. The zero-order chi connectivity index (χ0) is 22.9. The van der Waals surface area contributed by atoms with Crippen molar-refractivity contribution in [2.24, 2.45) is 0 Å². The Labute approximate surface area is 196 Å². The van der Waals surface area contributed by atoms with E-state index in [1.165, 1.54) is 11.1 Å². The van der Waals surface area contributed by atoms with Gasteiger partial charge in [0.05, 0.1) is 17.8 Å². The second kappa shape index (κ2) is 9.32. The number of ether oxygens (including phenoxy) is 1. The number of halogens is 1. The first-order valence-electron chi connectivity index (χ1n) is 11.5. The van der Waals surface area contributed by atoms with Crippen molar-refractivity contribution in [3.8, 4) is 5.75 Å². The molecule has 32 heavy (non-hydrogen) atoms. The van der Waals surface area contributed by atoms with Crippen LogP contribution in [0.4, 0.5) is 11.5 Å². The summed E-state index contributed by atoms with van der Waals surface area (Å²) >= 11 is 6.78. The molecule has 0 radical (unpaired) electrons. The molecule has 0 saturated carbocycles. The van der Waals surface area contributed by atoms with Gasteiger partial charge in [0.1, 0.15) is 22.7 Å². The van der Waals surface area contributed by atoms with Crippen LogP contribution in [0.3, 0.4) is 0 Å². The van der Waals surface area contributed by atoms with E-state index < -0.39 is 5.60 Å². The molecule has 2 saturated heterocycles. The van der Waals surface area contributed by atoms with Crippen molar-refractivity contribution in [1.29, 1.82) is 0 Å². The Bertz CT molecular complexity index is 960. The lowest BCUT2D eigenvalue weighted by atomic mass is 9.95. The number of aliphatic hydroxyl groups is 1. The molecule has 5 nitrogen and oxygen atoms in total. The van der Waals surface area contributed by atoms with Crippen LogP contribution in [0, 0.1) is 0 Å². The summed E-state index contributed by atoms with van der Waals surface area (Å²) in [4.78, 5) is 8.85. The van der Waals surface area contributed by atoms with Crippen molar-refractivity contribution in [2.45, 2.75) is 57.7 Å². The number of hydrogen-bond donors (Lipinski definition) is 1. The van der Waals surface area contributed by atoms with E-state index in [2.05, 4.69) is 59.5 Å². The molecule has 2 aliphatic heterocycles. The standard InChI is InChI=1S/C26H34ClN3O2/c1-18(2)15-19(3)20-5-7-21(8-6-20)32-22-10-13-29(16-22)23-9-12-28-25(24(23)27)30-14-11-26(4,31)17-30/h5-9,12,19,22,31H,1,10-11,13-17H2,2-4H3/t19-,22-,26?/m1/s1. The van der Waals surface area contributed by atoms with Crippen molar-refractivity contribution >= 4 is 23.1 Å². The van der Waals surface area contributed by atoms with Crippen LogP contribution >= 0.6 is 11.6 Å². The third kappa shape index (κ3) is 5.21. The van der Waals surface area contributed by atoms with E-state index in [1.807, 2.05) is 19.2 Å². The first-order valence-corrected chi connectivity index (χ1v) is 11.9. The molecule has 2 aromatic rings. The third-order valence-corrected chi connectivity index (χ3v) is 6.86. The van der Waals surface area contributed by atoms with Gasteiger partial charge in [0.25, 0.3) is 0 Å². The van der Waals surface area contributed by atoms with Crippen LogP contribution in [-0.4, -0.2) is 48.0 Å². The van der Waals surface area contributed by atoms with Gasteiger partial charge in [0, 0.05) is 32.3 Å². The molecule has 6 heteroatoms. The van der Waals surface area contributed by atoms with Gasteiger partial charge in [-0.15, -0.1) is 6.58 Å². The quantitative estimate of drug-likeness (QED) is 0.564. The normalized spacial score (nSPS) is 24.1. The Morgan fingerprint density at radius 1 is 1.28 bits per heavy atom. The van der Waals surface area contributed by atoms with Crippen molar-refractivity contribution in [3.05, 3.63) is 59.3 Å². The lowest BCUT2D eigenvalue weighted by Crippen LogP contribution is -2.30. The minimum absolute atomic E-state index is 0.119. The van der Waals surface area contributed by atoms with E-state index in [-0.39, 0.29) is 6.10 Å². The molecule has 0 aliphatic carbocycles. The monoisotopic (exact) mass is 455 g/mol. The zero-order valence-corrected chi connectivity index (χ0v) is 20.1. The number of β-amino-alcohol motifs (C(OH)–C–C–N with tert-alkyl or cyclic N) is 1. The van der Waals surface area contributed by atoms with Gasteiger partial charge in [-0.3, -0.25) is 0 Å². The van der Waals surface area contributed by atoms with Crippen molar-refractivity contribution < 1.29 is 9.84 Å². The zero-order valence-electron chi connectivity index (χ0n) is 19.4. The van der Waals surface area contributed by atoms with E-state index in [9.17, 15) is 5.11 Å². The van der Waals surface area contributed by atoms with E-state index in [1.54, 1.807) is 0 Å². The Morgan fingerprint density at radius 3 is 2.69 bits per heavy atom. The summed E-state index contributed by atoms with van der Waals surface area (Å²) in [5, 5.41) is 11.0. The van der Waals surface area contributed by atoms with Crippen molar-refractivity contribution in [1.82, 2.24) is 4.98 Å². The van der Waals surface area contributed by atoms with Gasteiger partial charge in [0.2, 0.25) is 0 Å². The Hall–Kier alpha value is -2.24. The number of anilines is 2. The molecule has 2 aliphatic rings. The molecule has 1 unspecified atom stereocenters. The summed E-state index contributed by atoms with van der Waals surface area (Å²) in [6.07, 6.45) is 4.60. The number of benzene rings is 1. The Morgan fingerprint density at radius 2 is 2.03 bits per heavy atom. The second-order valence-electron chi connectivity index (χ2n) is 9.74. The predicted molar refractivity (Wildman–Crippen MR) is 132 cm³/mol. The maximum atomic E-state index is 10.3. The average Bonchev–Trinajstić information content (AvgIpc) is 3.34. The highest BCUT2D eigenvalue weighted by molar-refractivity contribution is 6.35. The Kier molecular flexibility index (Phi) is 6.68. The molecule has 3 atom stereocenters. The maximum Gasteiger partial charge on any atom is 0.149 e. The smallest absolute Gasteiger partial charge is 0.149 e. The number of allylic oxidation sites excluding steroid dienone is 1. The highest BCUT2D eigenvalue weighted by atomic mass is 35.5. The van der Waals surface area contributed by atoms with Gasteiger partial charge >= 0.3 is 0 Å². The van der Waals surface area contributed by atoms with Gasteiger partial charge in [-0.05, 0) is 56.4 Å². The van der Waals surface area contributed by atoms with Gasteiger partial charge in [-0.1, -0.05) is 36.2 Å². The van der Waals surface area contributed by atoms with E-state index in [4.69, 9.17) is 16.3 Å². The van der Waals surface area contributed by atoms with E-state index in [0.29, 0.717) is 17.5 Å². The summed E-state index contributed by atoms with van der Waals surface area (Å²) in [5.41, 5.74) is 2.81. The van der Waals surface area contributed by atoms with Crippen LogP contribution in [-0.2, 0) is 0 Å². The van der Waals surface area contributed by atoms with Gasteiger partial charge < -0.3 is 19.6 Å². The SMILES string of the molecule is C=C(C)C[C@@H](C)c1ccc(O[C@@H]2CCN(c3ccnc(N4CCC(C)(O)C4)c3Cl)C2)cc1. The topological polar surface area (TPSA) is 48.8 Å². The molecule has 4 rings (SSSR count). The highest BCUT2D eigenvalue weighted by Gasteiger charge is 2.34. The largest absolute Gasteiger partial charge is 0.489 e. The molecule has 0 amide bonds. The number of aromatic nitrogens is 1.